The summed E-state index contributed by atoms with van der Waals surface area (Å²) in [6.07, 6.45) is 3.21. The fourth-order valence-electron chi connectivity index (χ4n) is 2.69. The number of nitrogens with one attached hydrogen (secondary N) is 2. The molecule has 134 valence electrons. The van der Waals surface area contributed by atoms with E-state index in [-0.39, 0.29) is 5.91 Å². The third-order valence-corrected chi connectivity index (χ3v) is 4.16. The zero-order valence-corrected chi connectivity index (χ0v) is 15.1. The highest BCUT2D eigenvalue weighted by molar-refractivity contribution is 6.30. The first kappa shape index (κ1) is 17.0. The second kappa shape index (κ2) is 7.05. The first-order valence-corrected chi connectivity index (χ1v) is 8.57. The average Bonchev–Trinajstić information content (AvgIpc) is 3.09. The maximum Gasteiger partial charge on any atom is 0.221 e. The van der Waals surface area contributed by atoms with Crippen LogP contribution in [0.2, 0.25) is 5.02 Å². The molecule has 27 heavy (non-hydrogen) atoms. The van der Waals surface area contributed by atoms with Gasteiger partial charge in [0.15, 0.2) is 5.65 Å². The minimum Gasteiger partial charge on any atom is -0.340 e. The van der Waals surface area contributed by atoms with Crippen molar-refractivity contribution in [2.24, 2.45) is 0 Å². The molecule has 2 aromatic heterocycles. The van der Waals surface area contributed by atoms with Crippen LogP contribution in [-0.4, -0.2) is 25.7 Å². The summed E-state index contributed by atoms with van der Waals surface area (Å²) in [5, 5.41) is 11.9. The molecule has 0 unspecified atom stereocenters. The summed E-state index contributed by atoms with van der Waals surface area (Å²) < 4.78 is 1.73. The van der Waals surface area contributed by atoms with E-state index in [1.165, 1.54) is 13.3 Å². The fraction of sp³-hybridized carbons (Fsp3) is 0.0526. The molecular formula is C19H15ClN6O. The van der Waals surface area contributed by atoms with Crippen molar-refractivity contribution in [1.82, 2.24) is 19.7 Å². The number of hydrogen-bond donors (Lipinski definition) is 2. The van der Waals surface area contributed by atoms with Gasteiger partial charge in [0, 0.05) is 23.3 Å². The van der Waals surface area contributed by atoms with Crippen molar-refractivity contribution in [3.63, 3.8) is 0 Å². The van der Waals surface area contributed by atoms with Gasteiger partial charge in [-0.05, 0) is 48.5 Å². The SMILES string of the molecule is CC(=O)Nc1ccc(Nc2ncnc3c2cnn3-c2ccc(Cl)cc2)cc1. The number of halogens is 1. The molecule has 0 bridgehead atoms. The summed E-state index contributed by atoms with van der Waals surface area (Å²) in [6, 6.07) is 14.7. The molecule has 0 spiro atoms. The lowest BCUT2D eigenvalue weighted by Crippen LogP contribution is -2.05. The summed E-state index contributed by atoms with van der Waals surface area (Å²) >= 11 is 5.96. The van der Waals surface area contributed by atoms with Crippen molar-refractivity contribution in [3.05, 3.63) is 66.1 Å². The second-order valence-electron chi connectivity index (χ2n) is 5.88. The number of rotatable bonds is 4. The van der Waals surface area contributed by atoms with Gasteiger partial charge in [0.05, 0.1) is 17.3 Å². The summed E-state index contributed by atoms with van der Waals surface area (Å²) in [6.45, 7) is 1.47. The number of anilines is 3. The third kappa shape index (κ3) is 3.58. The Hall–Kier alpha value is -3.45. The topological polar surface area (TPSA) is 84.7 Å². The zero-order chi connectivity index (χ0) is 18.8. The van der Waals surface area contributed by atoms with E-state index in [4.69, 9.17) is 11.6 Å². The number of fused-ring (bicyclic) bond motifs is 1. The predicted molar refractivity (Wildman–Crippen MR) is 106 cm³/mol. The summed E-state index contributed by atoms with van der Waals surface area (Å²) in [5.41, 5.74) is 3.11. The van der Waals surface area contributed by atoms with Gasteiger partial charge < -0.3 is 10.6 Å². The zero-order valence-electron chi connectivity index (χ0n) is 14.3. The molecule has 4 rings (SSSR count). The van der Waals surface area contributed by atoms with Gasteiger partial charge in [-0.15, -0.1) is 0 Å². The largest absolute Gasteiger partial charge is 0.340 e. The number of hydrogen-bond acceptors (Lipinski definition) is 5. The average molecular weight is 379 g/mol. The molecular weight excluding hydrogens is 364 g/mol. The predicted octanol–water partition coefficient (Wildman–Crippen LogP) is 4.17. The van der Waals surface area contributed by atoms with E-state index >= 15 is 0 Å². The highest BCUT2D eigenvalue weighted by Crippen LogP contribution is 2.25. The Morgan fingerprint density at radius 1 is 1.00 bits per heavy atom. The van der Waals surface area contributed by atoms with Crippen molar-refractivity contribution in [2.45, 2.75) is 6.92 Å². The molecule has 0 aliphatic heterocycles. The van der Waals surface area contributed by atoms with Crippen LogP contribution in [-0.2, 0) is 4.79 Å². The molecule has 8 heteroatoms. The maximum absolute atomic E-state index is 11.1. The Labute approximate surface area is 160 Å². The normalized spacial score (nSPS) is 10.7. The van der Waals surface area contributed by atoms with E-state index in [2.05, 4.69) is 25.7 Å². The standard InChI is InChI=1S/C19H15ClN6O/c1-12(27)24-14-4-6-15(7-5-14)25-18-17-10-23-26(19(17)22-11-21-18)16-8-2-13(20)3-9-16/h2-11H,1H3,(H,24,27)(H,21,22,25). The van der Waals surface area contributed by atoms with Crippen LogP contribution in [0.3, 0.4) is 0 Å². The van der Waals surface area contributed by atoms with E-state index in [0.717, 1.165) is 22.4 Å². The van der Waals surface area contributed by atoms with E-state index in [1.807, 2.05) is 36.4 Å². The lowest BCUT2D eigenvalue weighted by atomic mass is 10.2. The molecule has 0 aliphatic carbocycles. The Balaban J connectivity index is 1.65. The highest BCUT2D eigenvalue weighted by Gasteiger charge is 2.11. The van der Waals surface area contributed by atoms with Gasteiger partial charge in [0.25, 0.3) is 0 Å². The van der Waals surface area contributed by atoms with Gasteiger partial charge in [0.2, 0.25) is 5.91 Å². The van der Waals surface area contributed by atoms with Gasteiger partial charge in [-0.25, -0.2) is 14.6 Å². The summed E-state index contributed by atoms with van der Waals surface area (Å²) in [5.74, 6) is 0.537. The van der Waals surface area contributed by atoms with Crippen molar-refractivity contribution in [1.29, 1.82) is 0 Å². The summed E-state index contributed by atoms with van der Waals surface area (Å²) in [7, 11) is 0. The molecule has 0 saturated heterocycles. The molecule has 0 saturated carbocycles. The first-order valence-electron chi connectivity index (χ1n) is 8.19. The smallest absolute Gasteiger partial charge is 0.221 e. The number of aromatic nitrogens is 4. The Morgan fingerprint density at radius 3 is 2.41 bits per heavy atom. The minimum atomic E-state index is -0.108. The van der Waals surface area contributed by atoms with Crippen molar-refractivity contribution in [2.75, 3.05) is 10.6 Å². The Bertz CT molecular complexity index is 1110. The van der Waals surface area contributed by atoms with Crippen LogP contribution in [0.5, 0.6) is 0 Å². The monoisotopic (exact) mass is 378 g/mol. The van der Waals surface area contributed by atoms with Crippen molar-refractivity contribution < 1.29 is 4.79 Å². The van der Waals surface area contributed by atoms with E-state index in [0.29, 0.717) is 16.5 Å². The molecule has 0 aliphatic rings. The van der Waals surface area contributed by atoms with Crippen molar-refractivity contribution in [3.8, 4) is 5.69 Å². The van der Waals surface area contributed by atoms with Crippen LogP contribution in [0.4, 0.5) is 17.2 Å². The van der Waals surface area contributed by atoms with Crippen LogP contribution in [0.15, 0.2) is 61.1 Å². The second-order valence-corrected chi connectivity index (χ2v) is 6.31. The number of nitrogens with zero attached hydrogens (tertiary/aromatic N) is 4. The number of carbonyl (C=O) groups excluding carboxylic acids is 1. The van der Waals surface area contributed by atoms with Crippen molar-refractivity contribution >= 4 is 45.7 Å². The van der Waals surface area contributed by atoms with Gasteiger partial charge in [0.1, 0.15) is 12.1 Å². The summed E-state index contributed by atoms with van der Waals surface area (Å²) in [4.78, 5) is 19.8. The molecule has 0 fully saturated rings. The third-order valence-electron chi connectivity index (χ3n) is 3.91. The molecule has 0 radical (unpaired) electrons. The quantitative estimate of drug-likeness (QED) is 0.556. The van der Waals surface area contributed by atoms with Crippen LogP contribution < -0.4 is 10.6 Å². The Kier molecular flexibility index (Phi) is 4.43. The van der Waals surface area contributed by atoms with E-state index < -0.39 is 0 Å². The molecule has 1 amide bonds. The van der Waals surface area contributed by atoms with Gasteiger partial charge >= 0.3 is 0 Å². The Morgan fingerprint density at radius 2 is 1.70 bits per heavy atom. The van der Waals surface area contributed by atoms with Crippen LogP contribution in [0, 0.1) is 0 Å². The van der Waals surface area contributed by atoms with E-state index in [1.54, 1.807) is 23.0 Å². The lowest BCUT2D eigenvalue weighted by Gasteiger charge is -2.08. The van der Waals surface area contributed by atoms with Gasteiger partial charge in [-0.2, -0.15) is 5.10 Å². The van der Waals surface area contributed by atoms with Gasteiger partial charge in [-0.3, -0.25) is 4.79 Å². The molecule has 2 aromatic carbocycles. The van der Waals surface area contributed by atoms with Crippen LogP contribution in [0.25, 0.3) is 16.7 Å². The van der Waals surface area contributed by atoms with Crippen LogP contribution >= 0.6 is 11.6 Å². The van der Waals surface area contributed by atoms with E-state index in [9.17, 15) is 4.79 Å². The minimum absolute atomic E-state index is 0.108. The highest BCUT2D eigenvalue weighted by atomic mass is 35.5. The number of carbonyl (C=O) groups is 1. The molecule has 7 nitrogen and oxygen atoms in total. The number of amides is 1. The molecule has 0 atom stereocenters. The molecule has 2 N–H and O–H groups in total. The maximum atomic E-state index is 11.1. The number of benzene rings is 2. The van der Waals surface area contributed by atoms with Crippen LogP contribution in [0.1, 0.15) is 6.92 Å². The fourth-order valence-corrected chi connectivity index (χ4v) is 2.82. The first-order chi connectivity index (χ1) is 13.1. The molecule has 4 aromatic rings. The van der Waals surface area contributed by atoms with Gasteiger partial charge in [-0.1, -0.05) is 11.6 Å². The molecule has 2 heterocycles. The lowest BCUT2D eigenvalue weighted by molar-refractivity contribution is -0.114.